The molecule has 3 rings (SSSR count). The van der Waals surface area contributed by atoms with Crippen molar-refractivity contribution in [1.29, 1.82) is 0 Å². The predicted molar refractivity (Wildman–Crippen MR) is 87.4 cm³/mol. The second kappa shape index (κ2) is 6.54. The standard InChI is InChI=1S/C16H20N4OS/c17-11-16(6-2-3-7-16)20-14(21)9-12-10-22-15(19-12)13-5-1-4-8-18-13/h1,4-5,8,10H,2-3,6-7,9,11,17H2,(H,20,21). The molecule has 0 saturated heterocycles. The van der Waals surface area contributed by atoms with Crippen molar-refractivity contribution in [3.63, 3.8) is 0 Å². The highest BCUT2D eigenvalue weighted by Crippen LogP contribution is 2.29. The molecule has 1 aliphatic carbocycles. The molecule has 1 amide bonds. The van der Waals surface area contributed by atoms with Gasteiger partial charge in [-0.3, -0.25) is 9.78 Å². The predicted octanol–water partition coefficient (Wildman–Crippen LogP) is 2.14. The largest absolute Gasteiger partial charge is 0.349 e. The van der Waals surface area contributed by atoms with Gasteiger partial charge in [0.05, 0.1) is 23.3 Å². The summed E-state index contributed by atoms with van der Waals surface area (Å²) in [6.45, 7) is 0.509. The van der Waals surface area contributed by atoms with Gasteiger partial charge in [0.25, 0.3) is 0 Å². The van der Waals surface area contributed by atoms with E-state index in [9.17, 15) is 4.79 Å². The summed E-state index contributed by atoms with van der Waals surface area (Å²) in [5.41, 5.74) is 7.28. The Morgan fingerprint density at radius 1 is 1.36 bits per heavy atom. The van der Waals surface area contributed by atoms with Gasteiger partial charge in [0.2, 0.25) is 5.91 Å². The van der Waals surface area contributed by atoms with Crippen LogP contribution in [-0.2, 0) is 11.2 Å². The third-order valence-corrected chi connectivity index (χ3v) is 5.05. The van der Waals surface area contributed by atoms with Crippen LogP contribution in [0.25, 0.3) is 10.7 Å². The van der Waals surface area contributed by atoms with E-state index in [1.807, 2.05) is 23.6 Å². The Morgan fingerprint density at radius 3 is 2.86 bits per heavy atom. The molecule has 0 unspecified atom stereocenters. The molecule has 1 fully saturated rings. The number of thiazole rings is 1. The van der Waals surface area contributed by atoms with Crippen LogP contribution in [0, 0.1) is 0 Å². The number of rotatable bonds is 5. The average molecular weight is 316 g/mol. The number of pyridine rings is 1. The van der Waals surface area contributed by atoms with E-state index in [-0.39, 0.29) is 11.4 Å². The van der Waals surface area contributed by atoms with Gasteiger partial charge >= 0.3 is 0 Å². The third-order valence-electron chi connectivity index (χ3n) is 4.13. The van der Waals surface area contributed by atoms with Crippen molar-refractivity contribution in [3.05, 3.63) is 35.5 Å². The highest BCUT2D eigenvalue weighted by molar-refractivity contribution is 7.13. The topological polar surface area (TPSA) is 80.9 Å². The van der Waals surface area contributed by atoms with Gasteiger partial charge < -0.3 is 11.1 Å². The van der Waals surface area contributed by atoms with Crippen molar-refractivity contribution >= 4 is 17.2 Å². The van der Waals surface area contributed by atoms with Crippen LogP contribution < -0.4 is 11.1 Å². The Bertz CT molecular complexity index is 635. The first-order valence-electron chi connectivity index (χ1n) is 7.58. The van der Waals surface area contributed by atoms with Gasteiger partial charge in [-0.05, 0) is 25.0 Å². The van der Waals surface area contributed by atoms with E-state index in [1.54, 1.807) is 6.20 Å². The van der Waals surface area contributed by atoms with Crippen LogP contribution in [0.3, 0.4) is 0 Å². The molecule has 0 radical (unpaired) electrons. The van der Waals surface area contributed by atoms with Crippen molar-refractivity contribution in [2.75, 3.05) is 6.54 Å². The zero-order valence-corrected chi connectivity index (χ0v) is 13.2. The molecular weight excluding hydrogens is 296 g/mol. The van der Waals surface area contributed by atoms with E-state index in [4.69, 9.17) is 5.73 Å². The summed E-state index contributed by atoms with van der Waals surface area (Å²) in [7, 11) is 0. The lowest BCUT2D eigenvalue weighted by Gasteiger charge is -2.28. The lowest BCUT2D eigenvalue weighted by Crippen LogP contribution is -2.52. The van der Waals surface area contributed by atoms with Gasteiger partial charge in [0, 0.05) is 18.1 Å². The van der Waals surface area contributed by atoms with Crippen LogP contribution in [0.1, 0.15) is 31.4 Å². The molecule has 0 bridgehead atoms. The number of amides is 1. The number of hydrogen-bond donors (Lipinski definition) is 2. The average Bonchev–Trinajstić information content (AvgIpc) is 3.18. The van der Waals surface area contributed by atoms with Crippen LogP contribution in [0.15, 0.2) is 29.8 Å². The monoisotopic (exact) mass is 316 g/mol. The maximum Gasteiger partial charge on any atom is 0.226 e. The van der Waals surface area contributed by atoms with Crippen LogP contribution in [0.2, 0.25) is 0 Å². The van der Waals surface area contributed by atoms with Gasteiger partial charge in [-0.2, -0.15) is 0 Å². The van der Waals surface area contributed by atoms with Crippen LogP contribution in [0.4, 0.5) is 0 Å². The molecule has 116 valence electrons. The molecule has 2 aromatic heterocycles. The minimum Gasteiger partial charge on any atom is -0.349 e. The Hall–Kier alpha value is -1.79. The zero-order chi connectivity index (χ0) is 15.4. The molecule has 5 nitrogen and oxygen atoms in total. The van der Waals surface area contributed by atoms with Crippen molar-refractivity contribution in [3.8, 4) is 10.7 Å². The number of aromatic nitrogens is 2. The number of hydrogen-bond acceptors (Lipinski definition) is 5. The molecule has 1 saturated carbocycles. The first-order chi connectivity index (χ1) is 10.7. The molecule has 0 spiro atoms. The Kier molecular flexibility index (Phi) is 4.49. The normalized spacial score (nSPS) is 16.6. The fourth-order valence-electron chi connectivity index (χ4n) is 2.93. The van der Waals surface area contributed by atoms with Crippen LogP contribution in [0.5, 0.6) is 0 Å². The van der Waals surface area contributed by atoms with Crippen molar-refractivity contribution in [2.45, 2.75) is 37.6 Å². The fourth-order valence-corrected chi connectivity index (χ4v) is 3.73. The van der Waals surface area contributed by atoms with Crippen LogP contribution >= 0.6 is 11.3 Å². The van der Waals surface area contributed by atoms with Crippen molar-refractivity contribution in [2.24, 2.45) is 5.73 Å². The first-order valence-corrected chi connectivity index (χ1v) is 8.46. The summed E-state index contributed by atoms with van der Waals surface area (Å²) in [4.78, 5) is 21.0. The lowest BCUT2D eigenvalue weighted by molar-refractivity contribution is -0.122. The summed E-state index contributed by atoms with van der Waals surface area (Å²) in [5, 5.41) is 5.89. The highest BCUT2D eigenvalue weighted by atomic mass is 32.1. The number of carbonyl (C=O) groups is 1. The summed E-state index contributed by atoms with van der Waals surface area (Å²) >= 11 is 1.51. The maximum atomic E-state index is 12.3. The minimum atomic E-state index is -0.197. The van der Waals surface area contributed by atoms with Gasteiger partial charge in [-0.15, -0.1) is 11.3 Å². The molecule has 0 aromatic carbocycles. The summed E-state index contributed by atoms with van der Waals surface area (Å²) in [5.74, 6) is 0.00483. The number of nitrogens with zero attached hydrogens (tertiary/aromatic N) is 2. The molecule has 22 heavy (non-hydrogen) atoms. The van der Waals surface area contributed by atoms with Crippen molar-refractivity contribution < 1.29 is 4.79 Å². The molecule has 2 heterocycles. The lowest BCUT2D eigenvalue weighted by atomic mass is 9.97. The third kappa shape index (κ3) is 3.34. The molecule has 3 N–H and O–H groups in total. The van der Waals surface area contributed by atoms with E-state index in [1.165, 1.54) is 11.3 Å². The zero-order valence-electron chi connectivity index (χ0n) is 12.4. The number of carbonyl (C=O) groups excluding carboxylic acids is 1. The summed E-state index contributed by atoms with van der Waals surface area (Å²) in [6.07, 6.45) is 6.27. The Balaban J connectivity index is 1.64. The molecule has 0 aliphatic heterocycles. The van der Waals surface area contributed by atoms with Gasteiger partial charge in [-0.1, -0.05) is 18.9 Å². The maximum absolute atomic E-state index is 12.3. The smallest absolute Gasteiger partial charge is 0.226 e. The van der Waals surface area contributed by atoms with E-state index >= 15 is 0 Å². The van der Waals surface area contributed by atoms with Gasteiger partial charge in [-0.25, -0.2) is 4.98 Å². The van der Waals surface area contributed by atoms with Crippen LogP contribution in [-0.4, -0.2) is 28.0 Å². The van der Waals surface area contributed by atoms with E-state index < -0.39 is 0 Å². The quantitative estimate of drug-likeness (QED) is 0.885. The SMILES string of the molecule is NCC1(NC(=O)Cc2csc(-c3ccccn3)n2)CCCC1. The van der Waals surface area contributed by atoms with E-state index in [0.717, 1.165) is 42.1 Å². The molecule has 6 heteroatoms. The molecule has 0 atom stereocenters. The second-order valence-electron chi connectivity index (χ2n) is 5.78. The minimum absolute atomic E-state index is 0.00483. The molecule has 1 aliphatic rings. The Labute approximate surface area is 134 Å². The molecular formula is C16H20N4OS. The molecule has 2 aromatic rings. The Morgan fingerprint density at radius 2 is 2.18 bits per heavy atom. The summed E-state index contributed by atoms with van der Waals surface area (Å²) in [6, 6.07) is 5.73. The first kappa shape index (κ1) is 15.1. The van der Waals surface area contributed by atoms with E-state index in [0.29, 0.717) is 13.0 Å². The van der Waals surface area contributed by atoms with Gasteiger partial charge in [0.15, 0.2) is 0 Å². The van der Waals surface area contributed by atoms with E-state index in [2.05, 4.69) is 15.3 Å². The second-order valence-corrected chi connectivity index (χ2v) is 6.63. The summed E-state index contributed by atoms with van der Waals surface area (Å²) < 4.78 is 0. The number of nitrogens with one attached hydrogen (secondary N) is 1. The van der Waals surface area contributed by atoms with Gasteiger partial charge in [0.1, 0.15) is 5.01 Å². The van der Waals surface area contributed by atoms with Crippen molar-refractivity contribution in [1.82, 2.24) is 15.3 Å². The fraction of sp³-hybridized carbons (Fsp3) is 0.438. The highest BCUT2D eigenvalue weighted by Gasteiger charge is 2.33. The number of nitrogens with two attached hydrogens (primary N) is 1.